The van der Waals surface area contributed by atoms with Crippen molar-refractivity contribution in [3.63, 3.8) is 0 Å². The van der Waals surface area contributed by atoms with E-state index in [0.717, 1.165) is 28.0 Å². The minimum absolute atomic E-state index is 0.139. The number of phenolic OH excluding ortho intramolecular Hbond substituents is 2. The molecule has 3 nitrogen and oxygen atoms in total. The Labute approximate surface area is 105 Å². The maximum Gasteiger partial charge on any atom is 0.134 e. The lowest BCUT2D eigenvalue weighted by molar-refractivity contribution is 0.220. The molecule has 3 rings (SSSR count). The first-order chi connectivity index (χ1) is 8.58. The quantitative estimate of drug-likeness (QED) is 0.743. The Morgan fingerprint density at radius 2 is 1.78 bits per heavy atom. The summed E-state index contributed by atoms with van der Waals surface area (Å²) < 4.78 is 5.85. The van der Waals surface area contributed by atoms with Crippen LogP contribution in [-0.2, 0) is 0 Å². The van der Waals surface area contributed by atoms with Crippen LogP contribution in [0.1, 0.15) is 24.2 Å². The number of ether oxygens (including phenoxy) is 1. The highest BCUT2D eigenvalue weighted by molar-refractivity contribution is 5.78. The highest BCUT2D eigenvalue weighted by atomic mass is 16.5. The van der Waals surface area contributed by atoms with Gasteiger partial charge < -0.3 is 14.9 Å². The molecule has 18 heavy (non-hydrogen) atoms. The third-order valence-corrected chi connectivity index (χ3v) is 3.44. The predicted molar refractivity (Wildman–Crippen MR) is 69.0 cm³/mol. The van der Waals surface area contributed by atoms with Crippen molar-refractivity contribution in [3.8, 4) is 28.4 Å². The smallest absolute Gasteiger partial charge is 0.134 e. The van der Waals surface area contributed by atoms with Gasteiger partial charge in [0.2, 0.25) is 0 Å². The number of rotatable bonds is 0. The van der Waals surface area contributed by atoms with Crippen molar-refractivity contribution >= 4 is 0 Å². The molecule has 1 heterocycles. The van der Waals surface area contributed by atoms with E-state index in [1.165, 1.54) is 0 Å². The maximum absolute atomic E-state index is 9.73. The van der Waals surface area contributed by atoms with Crippen molar-refractivity contribution in [1.29, 1.82) is 0 Å². The van der Waals surface area contributed by atoms with Crippen LogP contribution in [0.5, 0.6) is 17.2 Å². The Kier molecular flexibility index (Phi) is 2.23. The third-order valence-electron chi connectivity index (χ3n) is 3.44. The van der Waals surface area contributed by atoms with Gasteiger partial charge in [-0.05, 0) is 43.7 Å². The van der Waals surface area contributed by atoms with Gasteiger partial charge in [0.15, 0.2) is 0 Å². The molecule has 0 radical (unpaired) electrons. The summed E-state index contributed by atoms with van der Waals surface area (Å²) >= 11 is 0. The fourth-order valence-corrected chi connectivity index (χ4v) is 2.42. The van der Waals surface area contributed by atoms with Crippen LogP contribution < -0.4 is 4.74 Å². The van der Waals surface area contributed by atoms with Gasteiger partial charge in [0.05, 0.1) is 0 Å². The van der Waals surface area contributed by atoms with E-state index in [4.69, 9.17) is 4.74 Å². The number of hydrogen-bond acceptors (Lipinski definition) is 3. The molecule has 0 amide bonds. The number of benzene rings is 2. The van der Waals surface area contributed by atoms with Crippen LogP contribution >= 0.6 is 0 Å². The summed E-state index contributed by atoms with van der Waals surface area (Å²) in [5, 5.41) is 19.3. The van der Waals surface area contributed by atoms with Crippen molar-refractivity contribution in [3.05, 3.63) is 41.5 Å². The van der Waals surface area contributed by atoms with E-state index in [1.54, 1.807) is 18.2 Å². The molecule has 0 aliphatic carbocycles. The first-order valence-electron chi connectivity index (χ1n) is 5.90. The Morgan fingerprint density at radius 3 is 2.56 bits per heavy atom. The Hall–Kier alpha value is -2.16. The molecular weight excluding hydrogens is 228 g/mol. The summed E-state index contributed by atoms with van der Waals surface area (Å²) in [5.41, 5.74) is 3.72. The number of hydrogen-bond donors (Lipinski definition) is 2. The van der Waals surface area contributed by atoms with E-state index in [-0.39, 0.29) is 17.6 Å². The Bertz CT molecular complexity index is 632. The fraction of sp³-hybridized carbons (Fsp3) is 0.200. The van der Waals surface area contributed by atoms with Gasteiger partial charge in [-0.3, -0.25) is 0 Å². The topological polar surface area (TPSA) is 49.7 Å². The largest absolute Gasteiger partial charge is 0.508 e. The average Bonchev–Trinajstić information content (AvgIpc) is 2.35. The van der Waals surface area contributed by atoms with Crippen molar-refractivity contribution < 1.29 is 14.9 Å². The second-order valence-corrected chi connectivity index (χ2v) is 4.62. The minimum atomic E-state index is -0.139. The van der Waals surface area contributed by atoms with Crippen LogP contribution in [0.4, 0.5) is 0 Å². The molecule has 92 valence electrons. The molecule has 2 aromatic carbocycles. The second-order valence-electron chi connectivity index (χ2n) is 4.62. The number of aromatic hydroxyl groups is 2. The fourth-order valence-electron chi connectivity index (χ4n) is 2.42. The molecule has 1 atom stereocenters. The molecule has 2 N–H and O–H groups in total. The number of fused-ring (bicyclic) bond motifs is 3. The zero-order valence-corrected chi connectivity index (χ0v) is 10.3. The van der Waals surface area contributed by atoms with Crippen LogP contribution in [0.3, 0.4) is 0 Å². The first-order valence-corrected chi connectivity index (χ1v) is 5.90. The highest BCUT2D eigenvalue weighted by Gasteiger charge is 2.25. The molecular formula is C15H14O3. The zero-order chi connectivity index (χ0) is 12.9. The summed E-state index contributed by atoms with van der Waals surface area (Å²) in [5.74, 6) is 1.20. The molecule has 1 aliphatic rings. The second kappa shape index (κ2) is 3.67. The van der Waals surface area contributed by atoms with Crippen molar-refractivity contribution in [2.75, 3.05) is 0 Å². The van der Waals surface area contributed by atoms with Gasteiger partial charge in [0.25, 0.3) is 0 Å². The zero-order valence-electron chi connectivity index (χ0n) is 10.3. The first kappa shape index (κ1) is 11.0. The summed E-state index contributed by atoms with van der Waals surface area (Å²) in [7, 11) is 0. The Morgan fingerprint density at radius 1 is 1.06 bits per heavy atom. The normalized spacial score (nSPS) is 16.7. The van der Waals surface area contributed by atoms with Crippen LogP contribution in [0.25, 0.3) is 11.1 Å². The third kappa shape index (κ3) is 1.44. The molecule has 0 saturated heterocycles. The summed E-state index contributed by atoms with van der Waals surface area (Å²) in [6.45, 7) is 3.77. The van der Waals surface area contributed by atoms with Crippen molar-refractivity contribution in [1.82, 2.24) is 0 Å². The van der Waals surface area contributed by atoms with Crippen LogP contribution in [0, 0.1) is 6.92 Å². The van der Waals surface area contributed by atoms with Gasteiger partial charge in [-0.25, -0.2) is 0 Å². The maximum atomic E-state index is 9.73. The van der Waals surface area contributed by atoms with Crippen molar-refractivity contribution in [2.24, 2.45) is 0 Å². The van der Waals surface area contributed by atoms with Gasteiger partial charge >= 0.3 is 0 Å². The van der Waals surface area contributed by atoms with Gasteiger partial charge in [-0.1, -0.05) is 6.07 Å². The van der Waals surface area contributed by atoms with E-state index in [1.807, 2.05) is 26.0 Å². The van der Waals surface area contributed by atoms with E-state index >= 15 is 0 Å². The monoisotopic (exact) mass is 242 g/mol. The summed E-state index contributed by atoms with van der Waals surface area (Å²) in [6, 6.07) is 8.80. The highest BCUT2D eigenvalue weighted by Crippen LogP contribution is 2.46. The van der Waals surface area contributed by atoms with Crippen LogP contribution in [0.15, 0.2) is 30.3 Å². The van der Waals surface area contributed by atoms with Crippen molar-refractivity contribution in [2.45, 2.75) is 20.0 Å². The standard InChI is InChI=1S/C15H14O3/c1-8-14(17)6-5-12-11-4-3-10(16)7-13(11)9(2)18-15(8)12/h3-7,9,16-17H,1-2H3. The van der Waals surface area contributed by atoms with E-state index < -0.39 is 0 Å². The SMILES string of the molecule is Cc1c(O)ccc2c1OC(C)c1cc(O)ccc1-2. The molecule has 3 heteroatoms. The lowest BCUT2D eigenvalue weighted by Crippen LogP contribution is -2.11. The van der Waals surface area contributed by atoms with Gasteiger partial charge in [-0.15, -0.1) is 0 Å². The van der Waals surface area contributed by atoms with Gasteiger partial charge in [-0.2, -0.15) is 0 Å². The predicted octanol–water partition coefficient (Wildman–Crippen LogP) is 3.53. The van der Waals surface area contributed by atoms with E-state index in [2.05, 4.69) is 0 Å². The van der Waals surface area contributed by atoms with Crippen LogP contribution in [-0.4, -0.2) is 10.2 Å². The molecule has 0 fully saturated rings. The molecule has 1 aliphatic heterocycles. The van der Waals surface area contributed by atoms with Gasteiger partial charge in [0, 0.05) is 16.7 Å². The van der Waals surface area contributed by atoms with E-state index in [0.29, 0.717) is 0 Å². The molecule has 0 bridgehead atoms. The summed E-state index contributed by atoms with van der Waals surface area (Å²) in [6.07, 6.45) is -0.139. The summed E-state index contributed by atoms with van der Waals surface area (Å²) in [4.78, 5) is 0. The molecule has 1 unspecified atom stereocenters. The lowest BCUT2D eigenvalue weighted by Gasteiger charge is -2.28. The molecule has 2 aromatic rings. The van der Waals surface area contributed by atoms with Gasteiger partial charge in [0.1, 0.15) is 23.4 Å². The van der Waals surface area contributed by atoms with E-state index in [9.17, 15) is 10.2 Å². The number of phenols is 2. The lowest BCUT2D eigenvalue weighted by atomic mass is 9.91. The Balaban J connectivity index is 2.31. The molecule has 0 saturated carbocycles. The molecule has 0 spiro atoms. The minimum Gasteiger partial charge on any atom is -0.508 e. The average molecular weight is 242 g/mol. The van der Waals surface area contributed by atoms with Crippen LogP contribution in [0.2, 0.25) is 0 Å². The molecule has 0 aromatic heterocycles.